The summed E-state index contributed by atoms with van der Waals surface area (Å²) in [5.74, 6) is -12.7. The molecule has 0 spiro atoms. The van der Waals surface area contributed by atoms with Gasteiger partial charge < -0.3 is 9.47 Å². The first-order valence-corrected chi connectivity index (χ1v) is 7.37. The fourth-order valence-corrected chi connectivity index (χ4v) is 2.35. The zero-order valence-electron chi connectivity index (χ0n) is 14.1. The summed E-state index contributed by atoms with van der Waals surface area (Å²) in [6, 6.07) is 4.95. The van der Waals surface area contributed by atoms with Crippen molar-refractivity contribution >= 4 is 5.97 Å². The predicted molar refractivity (Wildman–Crippen MR) is 77.3 cm³/mol. The Labute approximate surface area is 145 Å². The van der Waals surface area contributed by atoms with Gasteiger partial charge in [0.2, 0.25) is 0 Å². The van der Waals surface area contributed by atoms with Gasteiger partial charge in [-0.2, -0.15) is 30.7 Å². The first-order chi connectivity index (χ1) is 11.7. The second-order valence-corrected chi connectivity index (χ2v) is 5.65. The standard InChI is InChI=1S/C16H17F7O3/c1-4-26-12(24)10-7-5-6-8-11(10)13(2,25-3)9-14(17,18)15(19,20)16(21,22)23/h5-8H,4,9H2,1-3H3. The summed E-state index contributed by atoms with van der Waals surface area (Å²) in [5.41, 5.74) is -2.88. The van der Waals surface area contributed by atoms with E-state index in [1.54, 1.807) is 0 Å². The summed E-state index contributed by atoms with van der Waals surface area (Å²) in [6.45, 7) is 2.32. The Balaban J connectivity index is 3.40. The maximum absolute atomic E-state index is 13.9. The third-order valence-corrected chi connectivity index (χ3v) is 3.82. The van der Waals surface area contributed by atoms with Crippen molar-refractivity contribution in [2.75, 3.05) is 13.7 Å². The Hall–Kier alpha value is -1.84. The second-order valence-electron chi connectivity index (χ2n) is 5.65. The molecule has 0 fully saturated rings. The average molecular weight is 390 g/mol. The van der Waals surface area contributed by atoms with Gasteiger partial charge in [0.15, 0.2) is 0 Å². The largest absolute Gasteiger partial charge is 0.462 e. The van der Waals surface area contributed by atoms with Gasteiger partial charge in [-0.05, 0) is 25.5 Å². The smallest absolute Gasteiger partial charge is 0.459 e. The van der Waals surface area contributed by atoms with Crippen molar-refractivity contribution in [1.29, 1.82) is 0 Å². The fraction of sp³-hybridized carbons (Fsp3) is 0.562. The minimum Gasteiger partial charge on any atom is -0.462 e. The van der Waals surface area contributed by atoms with E-state index in [-0.39, 0.29) is 17.7 Å². The minimum absolute atomic E-state index is 0.0564. The summed E-state index contributed by atoms with van der Waals surface area (Å²) < 4.78 is 101. The summed E-state index contributed by atoms with van der Waals surface area (Å²) in [6.07, 6.45) is -8.47. The molecule has 148 valence electrons. The summed E-state index contributed by atoms with van der Waals surface area (Å²) in [4.78, 5) is 12.0. The van der Waals surface area contributed by atoms with Crippen LogP contribution in [0.4, 0.5) is 30.7 Å². The summed E-state index contributed by atoms with van der Waals surface area (Å²) in [5, 5.41) is 0. The number of esters is 1. The predicted octanol–water partition coefficient (Wildman–Crippen LogP) is 4.95. The van der Waals surface area contributed by atoms with E-state index >= 15 is 0 Å². The van der Waals surface area contributed by atoms with E-state index in [4.69, 9.17) is 9.47 Å². The van der Waals surface area contributed by atoms with Gasteiger partial charge in [-0.3, -0.25) is 0 Å². The van der Waals surface area contributed by atoms with Crippen LogP contribution in [0.5, 0.6) is 0 Å². The van der Waals surface area contributed by atoms with Crippen LogP contribution in [0.25, 0.3) is 0 Å². The van der Waals surface area contributed by atoms with Crippen molar-refractivity contribution in [3.63, 3.8) is 0 Å². The average Bonchev–Trinajstić information content (AvgIpc) is 2.53. The number of methoxy groups -OCH3 is 1. The molecule has 10 heteroatoms. The SMILES string of the molecule is CCOC(=O)c1ccccc1C(C)(CC(F)(F)C(F)(F)C(F)(F)F)OC. The lowest BCUT2D eigenvalue weighted by molar-refractivity contribution is -0.362. The van der Waals surface area contributed by atoms with Crippen LogP contribution in [0.3, 0.4) is 0 Å². The molecular formula is C16H17F7O3. The number of rotatable bonds is 7. The number of carbonyl (C=O) groups excluding carboxylic acids is 1. The van der Waals surface area contributed by atoms with Gasteiger partial charge in [-0.25, -0.2) is 4.79 Å². The maximum atomic E-state index is 13.9. The summed E-state index contributed by atoms with van der Waals surface area (Å²) >= 11 is 0. The highest BCUT2D eigenvalue weighted by molar-refractivity contribution is 5.91. The highest BCUT2D eigenvalue weighted by Gasteiger charge is 2.73. The van der Waals surface area contributed by atoms with Crippen LogP contribution in [0.2, 0.25) is 0 Å². The van der Waals surface area contributed by atoms with Gasteiger partial charge in [-0.1, -0.05) is 18.2 Å². The Morgan fingerprint density at radius 1 is 1.04 bits per heavy atom. The van der Waals surface area contributed by atoms with Gasteiger partial charge in [0.05, 0.1) is 24.2 Å². The Bertz CT molecular complexity index is 643. The molecule has 0 aliphatic rings. The molecule has 26 heavy (non-hydrogen) atoms. The molecule has 0 aliphatic heterocycles. The van der Waals surface area contributed by atoms with Crippen LogP contribution in [-0.2, 0) is 15.1 Å². The van der Waals surface area contributed by atoms with E-state index in [0.717, 1.165) is 20.1 Å². The molecule has 0 saturated heterocycles. The lowest BCUT2D eigenvalue weighted by atomic mass is 9.84. The van der Waals surface area contributed by atoms with Crippen molar-refractivity contribution in [2.45, 2.75) is 43.9 Å². The molecule has 0 aliphatic carbocycles. The highest BCUT2D eigenvalue weighted by Crippen LogP contribution is 2.51. The fourth-order valence-electron chi connectivity index (χ4n) is 2.35. The van der Waals surface area contributed by atoms with Crippen LogP contribution in [0.1, 0.15) is 36.2 Å². The van der Waals surface area contributed by atoms with Crippen molar-refractivity contribution in [1.82, 2.24) is 0 Å². The quantitative estimate of drug-likeness (QED) is 0.488. The molecule has 1 aromatic carbocycles. The number of alkyl halides is 7. The van der Waals surface area contributed by atoms with Crippen molar-refractivity contribution in [3.05, 3.63) is 35.4 Å². The Morgan fingerprint density at radius 2 is 1.58 bits per heavy atom. The number of carbonyl (C=O) groups is 1. The van der Waals surface area contributed by atoms with Crippen LogP contribution >= 0.6 is 0 Å². The van der Waals surface area contributed by atoms with Gasteiger partial charge in [-0.15, -0.1) is 0 Å². The van der Waals surface area contributed by atoms with E-state index in [9.17, 15) is 35.5 Å². The summed E-state index contributed by atoms with van der Waals surface area (Å²) in [7, 11) is 0.865. The molecule has 0 heterocycles. The monoisotopic (exact) mass is 390 g/mol. The van der Waals surface area contributed by atoms with E-state index in [2.05, 4.69) is 0 Å². The Kier molecular flexibility index (Phi) is 6.33. The van der Waals surface area contributed by atoms with Crippen molar-refractivity contribution in [2.24, 2.45) is 0 Å². The maximum Gasteiger partial charge on any atom is 0.459 e. The first-order valence-electron chi connectivity index (χ1n) is 7.37. The third-order valence-electron chi connectivity index (χ3n) is 3.82. The van der Waals surface area contributed by atoms with Gasteiger partial charge in [0, 0.05) is 7.11 Å². The van der Waals surface area contributed by atoms with Crippen LogP contribution in [0, 0.1) is 0 Å². The van der Waals surface area contributed by atoms with Crippen LogP contribution in [0.15, 0.2) is 24.3 Å². The van der Waals surface area contributed by atoms with Crippen molar-refractivity contribution in [3.8, 4) is 0 Å². The molecule has 1 atom stereocenters. The van der Waals surface area contributed by atoms with Gasteiger partial charge in [0.25, 0.3) is 0 Å². The topological polar surface area (TPSA) is 35.5 Å². The zero-order valence-corrected chi connectivity index (χ0v) is 14.1. The number of hydrogen-bond acceptors (Lipinski definition) is 3. The van der Waals surface area contributed by atoms with Gasteiger partial charge in [0.1, 0.15) is 0 Å². The van der Waals surface area contributed by atoms with Crippen molar-refractivity contribution < 1.29 is 45.0 Å². The highest BCUT2D eigenvalue weighted by atomic mass is 19.4. The number of halogens is 7. The first kappa shape index (κ1) is 22.2. The number of benzene rings is 1. The van der Waals surface area contributed by atoms with Crippen LogP contribution < -0.4 is 0 Å². The molecule has 0 amide bonds. The van der Waals surface area contributed by atoms with E-state index in [1.165, 1.54) is 25.1 Å². The molecule has 0 N–H and O–H groups in total. The molecule has 0 aromatic heterocycles. The second kappa shape index (κ2) is 7.42. The van der Waals surface area contributed by atoms with Gasteiger partial charge >= 0.3 is 24.0 Å². The molecular weight excluding hydrogens is 373 g/mol. The molecule has 1 rings (SSSR count). The normalized spacial score (nSPS) is 15.5. The lowest BCUT2D eigenvalue weighted by Gasteiger charge is -2.36. The Morgan fingerprint density at radius 3 is 2.04 bits per heavy atom. The molecule has 1 unspecified atom stereocenters. The molecule has 1 aromatic rings. The number of ether oxygens (including phenoxy) is 2. The zero-order chi connectivity index (χ0) is 20.4. The minimum atomic E-state index is -6.45. The molecule has 0 bridgehead atoms. The molecule has 0 radical (unpaired) electrons. The van der Waals surface area contributed by atoms with E-state index in [1.807, 2.05) is 0 Å². The van der Waals surface area contributed by atoms with E-state index < -0.39 is 36.0 Å². The number of hydrogen-bond donors (Lipinski definition) is 0. The van der Waals surface area contributed by atoms with Crippen LogP contribution in [-0.4, -0.2) is 37.7 Å². The lowest BCUT2D eigenvalue weighted by Crippen LogP contribution is -2.54. The van der Waals surface area contributed by atoms with E-state index in [0.29, 0.717) is 0 Å². The molecule has 0 saturated carbocycles. The molecule has 3 nitrogen and oxygen atoms in total. The third kappa shape index (κ3) is 4.11.